The summed E-state index contributed by atoms with van der Waals surface area (Å²) in [5.74, 6) is 1.17. The molecular weight excluding hydrogens is 282 g/mol. The summed E-state index contributed by atoms with van der Waals surface area (Å²) in [6.45, 7) is 3.95. The van der Waals surface area contributed by atoms with Crippen molar-refractivity contribution in [2.24, 2.45) is 5.73 Å². The minimum atomic E-state index is 0.0326. The first kappa shape index (κ1) is 12.3. The number of hydrogen-bond acceptors (Lipinski definition) is 4. The number of rotatable bonds is 3. The van der Waals surface area contributed by atoms with Crippen molar-refractivity contribution in [3.8, 4) is 11.5 Å². The van der Waals surface area contributed by atoms with Gasteiger partial charge in [-0.25, -0.2) is 0 Å². The van der Waals surface area contributed by atoms with Gasteiger partial charge in [-0.3, -0.25) is 0 Å². The highest BCUT2D eigenvalue weighted by atomic mass is 79.9. The number of aryl methyl sites for hydroxylation is 1. The molecule has 0 aliphatic carbocycles. The fourth-order valence-electron chi connectivity index (χ4n) is 1.47. The average molecular weight is 296 g/mol. The second-order valence-corrected chi connectivity index (χ2v) is 5.02. The van der Waals surface area contributed by atoms with Crippen LogP contribution in [-0.2, 0) is 6.42 Å². The van der Waals surface area contributed by atoms with E-state index in [-0.39, 0.29) is 6.04 Å². The summed E-state index contributed by atoms with van der Waals surface area (Å²) >= 11 is 3.48. The number of aromatic nitrogens is 2. The van der Waals surface area contributed by atoms with Gasteiger partial charge in [-0.05, 0) is 31.5 Å². The first-order chi connectivity index (χ1) is 8.06. The van der Waals surface area contributed by atoms with Gasteiger partial charge in [-0.1, -0.05) is 27.2 Å². The van der Waals surface area contributed by atoms with Gasteiger partial charge in [0.15, 0.2) is 5.82 Å². The van der Waals surface area contributed by atoms with Gasteiger partial charge in [0, 0.05) is 22.5 Å². The summed E-state index contributed by atoms with van der Waals surface area (Å²) in [5.41, 5.74) is 7.77. The van der Waals surface area contributed by atoms with Crippen molar-refractivity contribution in [3.05, 3.63) is 34.1 Å². The molecule has 0 spiro atoms. The van der Waals surface area contributed by atoms with Crippen molar-refractivity contribution in [1.29, 1.82) is 0 Å². The van der Waals surface area contributed by atoms with Crippen LogP contribution in [-0.4, -0.2) is 16.2 Å². The van der Waals surface area contributed by atoms with E-state index in [0.29, 0.717) is 18.1 Å². The second kappa shape index (κ2) is 4.98. The molecule has 0 amide bonds. The van der Waals surface area contributed by atoms with Crippen LogP contribution in [0, 0.1) is 6.92 Å². The molecule has 2 aromatic rings. The minimum absolute atomic E-state index is 0.0326. The van der Waals surface area contributed by atoms with Crippen molar-refractivity contribution < 1.29 is 4.52 Å². The molecule has 0 fully saturated rings. The predicted octanol–water partition coefficient (Wildman–Crippen LogP) is 2.70. The first-order valence-electron chi connectivity index (χ1n) is 5.41. The van der Waals surface area contributed by atoms with Gasteiger partial charge in [0.1, 0.15) is 0 Å². The molecule has 0 radical (unpaired) electrons. The van der Waals surface area contributed by atoms with Gasteiger partial charge < -0.3 is 10.3 Å². The number of hydrogen-bond donors (Lipinski definition) is 1. The van der Waals surface area contributed by atoms with E-state index in [0.717, 1.165) is 10.0 Å². The molecule has 90 valence electrons. The van der Waals surface area contributed by atoms with Crippen molar-refractivity contribution >= 4 is 15.9 Å². The van der Waals surface area contributed by atoms with E-state index < -0.39 is 0 Å². The van der Waals surface area contributed by atoms with E-state index in [4.69, 9.17) is 10.3 Å². The van der Waals surface area contributed by atoms with Crippen molar-refractivity contribution in [2.75, 3.05) is 0 Å². The van der Waals surface area contributed by atoms with Crippen LogP contribution in [0.3, 0.4) is 0 Å². The molecule has 0 saturated carbocycles. The zero-order valence-corrected chi connectivity index (χ0v) is 11.4. The standard InChI is InChI=1S/C12H14BrN3O/c1-7-3-4-9(6-10(7)13)12-15-11(16-17-12)5-8(2)14/h3-4,6,8H,5,14H2,1-2H3. The summed E-state index contributed by atoms with van der Waals surface area (Å²) in [5, 5.41) is 3.90. The van der Waals surface area contributed by atoms with Gasteiger partial charge in [-0.15, -0.1) is 0 Å². The normalized spacial score (nSPS) is 12.7. The van der Waals surface area contributed by atoms with Gasteiger partial charge in [0.05, 0.1) is 0 Å². The molecule has 2 N–H and O–H groups in total. The van der Waals surface area contributed by atoms with E-state index in [2.05, 4.69) is 26.1 Å². The van der Waals surface area contributed by atoms with Crippen molar-refractivity contribution in [3.63, 3.8) is 0 Å². The van der Waals surface area contributed by atoms with E-state index in [1.165, 1.54) is 5.56 Å². The minimum Gasteiger partial charge on any atom is -0.334 e. The van der Waals surface area contributed by atoms with Gasteiger partial charge in [0.2, 0.25) is 0 Å². The number of nitrogens with zero attached hydrogens (tertiary/aromatic N) is 2. The van der Waals surface area contributed by atoms with Crippen LogP contribution < -0.4 is 5.73 Å². The van der Waals surface area contributed by atoms with E-state index in [1.54, 1.807) is 0 Å². The fraction of sp³-hybridized carbons (Fsp3) is 0.333. The molecule has 0 aliphatic rings. The van der Waals surface area contributed by atoms with E-state index in [9.17, 15) is 0 Å². The Labute approximate surface area is 108 Å². The highest BCUT2D eigenvalue weighted by Crippen LogP contribution is 2.24. The molecule has 1 heterocycles. The summed E-state index contributed by atoms with van der Waals surface area (Å²) < 4.78 is 6.24. The second-order valence-electron chi connectivity index (χ2n) is 4.16. The molecule has 4 nitrogen and oxygen atoms in total. The maximum atomic E-state index is 5.69. The van der Waals surface area contributed by atoms with Crippen LogP contribution in [0.2, 0.25) is 0 Å². The lowest BCUT2D eigenvalue weighted by Crippen LogP contribution is -2.18. The lowest BCUT2D eigenvalue weighted by molar-refractivity contribution is 0.420. The third-order valence-corrected chi connectivity index (χ3v) is 3.25. The summed E-state index contributed by atoms with van der Waals surface area (Å²) in [7, 11) is 0. The van der Waals surface area contributed by atoms with Crippen LogP contribution in [0.15, 0.2) is 27.2 Å². The van der Waals surface area contributed by atoms with Crippen LogP contribution in [0.4, 0.5) is 0 Å². The maximum Gasteiger partial charge on any atom is 0.257 e. The van der Waals surface area contributed by atoms with Crippen molar-refractivity contribution in [2.45, 2.75) is 26.3 Å². The molecule has 2 rings (SSSR count). The summed E-state index contributed by atoms with van der Waals surface area (Å²) in [6, 6.07) is 5.97. The van der Waals surface area contributed by atoms with Gasteiger partial charge in [0.25, 0.3) is 5.89 Å². The van der Waals surface area contributed by atoms with Crippen molar-refractivity contribution in [1.82, 2.24) is 10.1 Å². The molecule has 0 aliphatic heterocycles. The quantitative estimate of drug-likeness (QED) is 0.945. The van der Waals surface area contributed by atoms with Crippen LogP contribution in [0.1, 0.15) is 18.3 Å². The monoisotopic (exact) mass is 295 g/mol. The SMILES string of the molecule is Cc1ccc(-c2nc(CC(C)N)no2)cc1Br. The molecule has 1 atom stereocenters. The van der Waals surface area contributed by atoms with Gasteiger partial charge in [-0.2, -0.15) is 4.98 Å². The third-order valence-electron chi connectivity index (χ3n) is 2.39. The van der Waals surface area contributed by atoms with Gasteiger partial charge >= 0.3 is 0 Å². The number of halogens is 1. The highest BCUT2D eigenvalue weighted by molar-refractivity contribution is 9.10. The van der Waals surface area contributed by atoms with Crippen LogP contribution in [0.5, 0.6) is 0 Å². The summed E-state index contributed by atoms with van der Waals surface area (Å²) in [6.07, 6.45) is 0.622. The molecular formula is C12H14BrN3O. The Morgan fingerprint density at radius 1 is 1.47 bits per heavy atom. The fourth-order valence-corrected chi connectivity index (χ4v) is 1.85. The Bertz CT molecular complexity index is 522. The Kier molecular flexibility index (Phi) is 3.59. The Hall–Kier alpha value is -1.20. The largest absolute Gasteiger partial charge is 0.334 e. The molecule has 0 bridgehead atoms. The van der Waals surface area contributed by atoms with Crippen LogP contribution >= 0.6 is 15.9 Å². The summed E-state index contributed by atoms with van der Waals surface area (Å²) in [4.78, 5) is 4.31. The Balaban J connectivity index is 2.27. The molecule has 17 heavy (non-hydrogen) atoms. The Morgan fingerprint density at radius 2 is 2.24 bits per heavy atom. The average Bonchev–Trinajstić information content (AvgIpc) is 2.69. The van der Waals surface area contributed by atoms with E-state index >= 15 is 0 Å². The Morgan fingerprint density at radius 3 is 2.88 bits per heavy atom. The smallest absolute Gasteiger partial charge is 0.257 e. The highest BCUT2D eigenvalue weighted by Gasteiger charge is 2.10. The molecule has 1 unspecified atom stereocenters. The predicted molar refractivity (Wildman–Crippen MR) is 69.5 cm³/mol. The first-order valence-corrected chi connectivity index (χ1v) is 6.20. The topological polar surface area (TPSA) is 64.9 Å². The molecule has 5 heteroatoms. The maximum absolute atomic E-state index is 5.69. The molecule has 1 aromatic carbocycles. The zero-order valence-electron chi connectivity index (χ0n) is 9.77. The number of benzene rings is 1. The lowest BCUT2D eigenvalue weighted by Gasteiger charge is -1.99. The molecule has 1 aromatic heterocycles. The molecule has 0 saturated heterocycles. The zero-order chi connectivity index (χ0) is 12.4. The van der Waals surface area contributed by atoms with E-state index in [1.807, 2.05) is 32.0 Å². The van der Waals surface area contributed by atoms with Crippen LogP contribution in [0.25, 0.3) is 11.5 Å². The number of nitrogens with two attached hydrogens (primary N) is 1. The lowest BCUT2D eigenvalue weighted by atomic mass is 10.1. The third kappa shape index (κ3) is 2.92.